The van der Waals surface area contributed by atoms with Crippen molar-refractivity contribution >= 4 is 28.8 Å². The molecular formula is C20H22ClN5O. The quantitative estimate of drug-likeness (QED) is 0.695. The molecule has 1 aromatic carbocycles. The van der Waals surface area contributed by atoms with Crippen LogP contribution in [-0.2, 0) is 0 Å². The zero-order valence-corrected chi connectivity index (χ0v) is 16.2. The summed E-state index contributed by atoms with van der Waals surface area (Å²) in [6, 6.07) is 11.5. The van der Waals surface area contributed by atoms with Gasteiger partial charge in [-0.05, 0) is 30.2 Å². The lowest BCUT2D eigenvalue weighted by molar-refractivity contribution is 0.0741. The fourth-order valence-electron chi connectivity index (χ4n) is 3.46. The van der Waals surface area contributed by atoms with Crippen molar-refractivity contribution in [3.8, 4) is 0 Å². The second-order valence-corrected chi connectivity index (χ2v) is 7.52. The van der Waals surface area contributed by atoms with E-state index in [4.69, 9.17) is 11.6 Å². The molecule has 0 saturated carbocycles. The molecule has 2 aromatic heterocycles. The van der Waals surface area contributed by atoms with Crippen LogP contribution in [-0.4, -0.2) is 51.6 Å². The number of anilines is 1. The maximum Gasteiger partial charge on any atom is 0.272 e. The molecule has 0 radical (unpaired) electrons. The molecule has 1 aliphatic rings. The Bertz CT molecular complexity index is 975. The van der Waals surface area contributed by atoms with Crippen molar-refractivity contribution in [2.75, 3.05) is 31.1 Å². The van der Waals surface area contributed by atoms with E-state index in [0.29, 0.717) is 24.4 Å². The highest BCUT2D eigenvalue weighted by Gasteiger charge is 2.24. The zero-order valence-electron chi connectivity index (χ0n) is 15.5. The minimum absolute atomic E-state index is 0.0219. The average molecular weight is 384 g/mol. The molecule has 0 atom stereocenters. The van der Waals surface area contributed by atoms with Crippen LogP contribution in [0.15, 0.2) is 42.6 Å². The maximum atomic E-state index is 13.0. The van der Waals surface area contributed by atoms with Crippen LogP contribution in [0.25, 0.3) is 5.65 Å². The topological polar surface area (TPSA) is 53.7 Å². The van der Waals surface area contributed by atoms with Crippen LogP contribution in [0.4, 0.5) is 5.69 Å². The highest BCUT2D eigenvalue weighted by atomic mass is 35.5. The van der Waals surface area contributed by atoms with Crippen LogP contribution >= 0.6 is 11.6 Å². The van der Waals surface area contributed by atoms with E-state index in [1.165, 1.54) is 0 Å². The summed E-state index contributed by atoms with van der Waals surface area (Å²) < 4.78 is 1.80. The van der Waals surface area contributed by atoms with Gasteiger partial charge in [0.1, 0.15) is 5.69 Å². The number of nitrogens with zero attached hydrogens (tertiary/aromatic N) is 5. The Morgan fingerprint density at radius 2 is 1.89 bits per heavy atom. The van der Waals surface area contributed by atoms with Gasteiger partial charge in [0.2, 0.25) is 0 Å². The number of carbonyl (C=O) groups is 1. The van der Waals surface area contributed by atoms with Crippen molar-refractivity contribution in [2.45, 2.75) is 19.8 Å². The van der Waals surface area contributed by atoms with Gasteiger partial charge in [0.15, 0.2) is 5.65 Å². The lowest BCUT2D eigenvalue weighted by Crippen LogP contribution is -2.49. The molecule has 6 nitrogen and oxygen atoms in total. The van der Waals surface area contributed by atoms with Gasteiger partial charge >= 0.3 is 0 Å². The number of amides is 1. The number of carbonyl (C=O) groups excluding carboxylic acids is 1. The summed E-state index contributed by atoms with van der Waals surface area (Å²) in [4.78, 5) is 21.7. The molecule has 7 heteroatoms. The summed E-state index contributed by atoms with van der Waals surface area (Å²) in [5, 5.41) is 5.04. The molecule has 0 aliphatic carbocycles. The number of benzene rings is 1. The molecule has 1 aliphatic heterocycles. The fourth-order valence-corrected chi connectivity index (χ4v) is 3.64. The zero-order chi connectivity index (χ0) is 19.0. The minimum atomic E-state index is -0.0219. The van der Waals surface area contributed by atoms with Gasteiger partial charge in [-0.1, -0.05) is 31.5 Å². The Kier molecular flexibility index (Phi) is 4.74. The lowest BCUT2D eigenvalue weighted by atomic mass is 10.1. The molecule has 3 aromatic rings. The van der Waals surface area contributed by atoms with E-state index in [1.807, 2.05) is 41.3 Å². The Hall–Kier alpha value is -2.60. The molecular weight excluding hydrogens is 362 g/mol. The number of piperazine rings is 1. The maximum absolute atomic E-state index is 13.0. The Morgan fingerprint density at radius 1 is 1.11 bits per heavy atom. The molecule has 0 spiro atoms. The second-order valence-electron chi connectivity index (χ2n) is 7.08. The Labute approximate surface area is 163 Å². The summed E-state index contributed by atoms with van der Waals surface area (Å²) in [6.45, 7) is 7.06. The van der Waals surface area contributed by atoms with Crippen LogP contribution in [0.3, 0.4) is 0 Å². The third-order valence-electron chi connectivity index (χ3n) is 4.94. The third kappa shape index (κ3) is 3.49. The van der Waals surface area contributed by atoms with E-state index in [1.54, 1.807) is 10.7 Å². The molecule has 1 amide bonds. The van der Waals surface area contributed by atoms with E-state index in [2.05, 4.69) is 28.8 Å². The smallest absolute Gasteiger partial charge is 0.272 e. The van der Waals surface area contributed by atoms with Crippen LogP contribution in [0.2, 0.25) is 5.02 Å². The number of rotatable bonds is 3. The normalized spacial score (nSPS) is 15.0. The molecule has 27 heavy (non-hydrogen) atoms. The summed E-state index contributed by atoms with van der Waals surface area (Å²) in [7, 11) is 0. The van der Waals surface area contributed by atoms with E-state index in [9.17, 15) is 4.79 Å². The van der Waals surface area contributed by atoms with Crippen molar-refractivity contribution in [3.05, 3.63) is 59.0 Å². The van der Waals surface area contributed by atoms with Crippen LogP contribution in [0.5, 0.6) is 0 Å². The van der Waals surface area contributed by atoms with Gasteiger partial charge < -0.3 is 9.80 Å². The molecule has 4 rings (SSSR count). The molecule has 140 valence electrons. The van der Waals surface area contributed by atoms with Gasteiger partial charge in [-0.15, -0.1) is 0 Å². The molecule has 0 unspecified atom stereocenters. The minimum Gasteiger partial charge on any atom is -0.368 e. The van der Waals surface area contributed by atoms with Crippen LogP contribution < -0.4 is 4.90 Å². The predicted octanol–water partition coefficient (Wildman–Crippen LogP) is 3.47. The molecule has 0 bridgehead atoms. The van der Waals surface area contributed by atoms with E-state index >= 15 is 0 Å². The first-order chi connectivity index (χ1) is 13.0. The number of hydrogen-bond donors (Lipinski definition) is 0. The number of hydrogen-bond acceptors (Lipinski definition) is 4. The predicted molar refractivity (Wildman–Crippen MR) is 107 cm³/mol. The van der Waals surface area contributed by atoms with Crippen molar-refractivity contribution < 1.29 is 4.79 Å². The SMILES string of the molecule is CC(C)c1cc(C(=O)N2CCN(c3cccc(Cl)c3)CC2)nc2ccnn12. The standard InChI is InChI=1S/C20H22ClN5O/c1-14(2)18-13-17(23-19-6-7-22-26(18)19)20(27)25-10-8-24(9-11-25)16-5-3-4-15(21)12-16/h3-7,12-14H,8-11H2,1-2H3. The van der Waals surface area contributed by atoms with Gasteiger partial charge in [-0.25, -0.2) is 9.50 Å². The highest BCUT2D eigenvalue weighted by molar-refractivity contribution is 6.30. The van der Waals surface area contributed by atoms with Crippen molar-refractivity contribution in [1.82, 2.24) is 19.5 Å². The van der Waals surface area contributed by atoms with Crippen molar-refractivity contribution in [1.29, 1.82) is 0 Å². The van der Waals surface area contributed by atoms with Gasteiger partial charge in [-0.2, -0.15) is 5.10 Å². The first-order valence-electron chi connectivity index (χ1n) is 9.17. The third-order valence-corrected chi connectivity index (χ3v) is 5.17. The van der Waals surface area contributed by atoms with Gasteiger partial charge in [-0.3, -0.25) is 4.79 Å². The highest BCUT2D eigenvalue weighted by Crippen LogP contribution is 2.22. The fraction of sp³-hybridized carbons (Fsp3) is 0.350. The van der Waals surface area contributed by atoms with Crippen molar-refractivity contribution in [2.24, 2.45) is 0 Å². The van der Waals surface area contributed by atoms with E-state index in [-0.39, 0.29) is 11.8 Å². The molecule has 3 heterocycles. The first kappa shape index (κ1) is 17.8. The number of halogens is 1. The summed E-state index contributed by atoms with van der Waals surface area (Å²) in [6.07, 6.45) is 1.71. The summed E-state index contributed by atoms with van der Waals surface area (Å²) in [5.74, 6) is 0.230. The van der Waals surface area contributed by atoms with Gasteiger partial charge in [0, 0.05) is 48.6 Å². The van der Waals surface area contributed by atoms with Crippen LogP contribution in [0.1, 0.15) is 35.9 Å². The number of fused-ring (bicyclic) bond motifs is 1. The summed E-state index contributed by atoms with van der Waals surface area (Å²) in [5.41, 5.74) is 3.28. The largest absolute Gasteiger partial charge is 0.368 e. The average Bonchev–Trinajstić information content (AvgIpc) is 3.15. The molecule has 1 saturated heterocycles. The summed E-state index contributed by atoms with van der Waals surface area (Å²) >= 11 is 6.10. The molecule has 1 fully saturated rings. The van der Waals surface area contributed by atoms with E-state index < -0.39 is 0 Å². The van der Waals surface area contributed by atoms with Gasteiger partial charge in [0.25, 0.3) is 5.91 Å². The van der Waals surface area contributed by atoms with Gasteiger partial charge in [0.05, 0.1) is 6.20 Å². The lowest BCUT2D eigenvalue weighted by Gasteiger charge is -2.36. The Morgan fingerprint density at radius 3 is 2.59 bits per heavy atom. The van der Waals surface area contributed by atoms with Crippen molar-refractivity contribution in [3.63, 3.8) is 0 Å². The monoisotopic (exact) mass is 383 g/mol. The second kappa shape index (κ2) is 7.19. The first-order valence-corrected chi connectivity index (χ1v) is 9.55. The number of aromatic nitrogens is 3. The Balaban J connectivity index is 1.52. The van der Waals surface area contributed by atoms with Crippen LogP contribution in [0, 0.1) is 0 Å². The van der Waals surface area contributed by atoms with E-state index in [0.717, 1.165) is 29.5 Å². The molecule has 0 N–H and O–H groups in total.